The maximum atomic E-state index is 11.4. The number of anilines is 1. The van der Waals surface area contributed by atoms with Crippen LogP contribution in [0.1, 0.15) is 51.9 Å². The minimum atomic E-state index is -0.675. The standard InChI is InChI=1S/C18H24N4O6/c1-2-28-18(23)9-4-3-6-13-7-5-8-15(13)19-20-16-11-10-14(21(24)25)12-17(16)22(26)27/h10-13,20H,2-9H2,1H3/b19-15+/t13-/m0/s1. The Labute approximate surface area is 162 Å². The molecular formula is C18H24N4O6. The molecule has 1 aliphatic carbocycles. The Morgan fingerprint density at radius 1 is 1.29 bits per heavy atom. The van der Waals surface area contributed by atoms with Gasteiger partial charge in [0.05, 0.1) is 22.5 Å². The number of unbranched alkanes of at least 4 members (excludes halogenated alkanes) is 1. The molecule has 0 aromatic heterocycles. The molecule has 2 rings (SSSR count). The van der Waals surface area contributed by atoms with Crippen molar-refractivity contribution in [3.8, 4) is 0 Å². The van der Waals surface area contributed by atoms with Crippen LogP contribution in [-0.4, -0.2) is 28.1 Å². The predicted molar refractivity (Wildman–Crippen MR) is 103 cm³/mol. The molecule has 1 aromatic carbocycles. The highest BCUT2D eigenvalue weighted by molar-refractivity contribution is 5.89. The topological polar surface area (TPSA) is 137 Å². The summed E-state index contributed by atoms with van der Waals surface area (Å²) in [5, 5.41) is 26.3. The zero-order valence-corrected chi connectivity index (χ0v) is 15.8. The lowest BCUT2D eigenvalue weighted by Gasteiger charge is -2.11. The van der Waals surface area contributed by atoms with Gasteiger partial charge in [0.1, 0.15) is 5.69 Å². The first kappa shape index (κ1) is 21.3. The number of carbonyl (C=O) groups is 1. The minimum absolute atomic E-state index is 0.121. The molecule has 1 atom stereocenters. The summed E-state index contributed by atoms with van der Waals surface area (Å²) in [6.45, 7) is 2.17. The van der Waals surface area contributed by atoms with Crippen molar-refractivity contribution in [2.45, 2.75) is 51.9 Å². The van der Waals surface area contributed by atoms with Gasteiger partial charge in [-0.1, -0.05) is 6.42 Å². The molecule has 28 heavy (non-hydrogen) atoms. The van der Waals surface area contributed by atoms with Crippen LogP contribution in [0.5, 0.6) is 0 Å². The Kier molecular flexibility index (Phi) is 7.85. The Morgan fingerprint density at radius 3 is 2.75 bits per heavy atom. The molecule has 0 bridgehead atoms. The lowest BCUT2D eigenvalue weighted by Crippen LogP contribution is -2.10. The first-order valence-electron chi connectivity index (χ1n) is 9.33. The van der Waals surface area contributed by atoms with Gasteiger partial charge in [-0.25, -0.2) is 0 Å². The number of hydrazone groups is 1. The largest absolute Gasteiger partial charge is 0.466 e. The van der Waals surface area contributed by atoms with E-state index in [1.807, 2.05) is 0 Å². The first-order chi connectivity index (χ1) is 13.4. The van der Waals surface area contributed by atoms with Gasteiger partial charge in [-0.15, -0.1) is 0 Å². The van der Waals surface area contributed by atoms with Crippen molar-refractivity contribution in [3.63, 3.8) is 0 Å². The number of ether oxygens (including phenoxy) is 1. The van der Waals surface area contributed by atoms with Crippen molar-refractivity contribution >= 4 is 28.7 Å². The molecule has 0 saturated heterocycles. The molecule has 0 aliphatic heterocycles. The highest BCUT2D eigenvalue weighted by Gasteiger charge is 2.24. The van der Waals surface area contributed by atoms with Crippen LogP contribution >= 0.6 is 0 Å². The van der Waals surface area contributed by atoms with E-state index in [4.69, 9.17) is 4.74 Å². The smallest absolute Gasteiger partial charge is 0.305 e. The van der Waals surface area contributed by atoms with Crippen LogP contribution < -0.4 is 5.43 Å². The summed E-state index contributed by atoms with van der Waals surface area (Å²) < 4.78 is 4.91. The van der Waals surface area contributed by atoms with Gasteiger partial charge in [0, 0.05) is 18.2 Å². The fourth-order valence-corrected chi connectivity index (χ4v) is 3.26. The Bertz CT molecular complexity index is 764. The molecule has 10 heteroatoms. The van der Waals surface area contributed by atoms with Crippen LogP contribution in [0.3, 0.4) is 0 Å². The van der Waals surface area contributed by atoms with Crippen molar-refractivity contribution in [2.75, 3.05) is 12.0 Å². The van der Waals surface area contributed by atoms with Crippen LogP contribution in [0.2, 0.25) is 0 Å². The number of carbonyl (C=O) groups excluding carboxylic acids is 1. The number of hydrogen-bond acceptors (Lipinski definition) is 8. The van der Waals surface area contributed by atoms with E-state index in [9.17, 15) is 25.0 Å². The number of benzene rings is 1. The maximum Gasteiger partial charge on any atom is 0.305 e. The predicted octanol–water partition coefficient (Wildman–Crippen LogP) is 4.19. The number of nitro benzene ring substituents is 2. The van der Waals surface area contributed by atoms with Crippen LogP contribution in [-0.2, 0) is 9.53 Å². The van der Waals surface area contributed by atoms with Gasteiger partial charge in [0.2, 0.25) is 0 Å². The van der Waals surface area contributed by atoms with Crippen LogP contribution in [0.15, 0.2) is 23.3 Å². The molecule has 1 N–H and O–H groups in total. The molecule has 1 saturated carbocycles. The fourth-order valence-electron chi connectivity index (χ4n) is 3.26. The van der Waals surface area contributed by atoms with Crippen LogP contribution in [0.25, 0.3) is 0 Å². The van der Waals surface area contributed by atoms with Crippen molar-refractivity contribution in [3.05, 3.63) is 38.4 Å². The number of hydrogen-bond donors (Lipinski definition) is 1. The molecule has 0 amide bonds. The average molecular weight is 392 g/mol. The van der Waals surface area contributed by atoms with E-state index in [1.165, 1.54) is 12.1 Å². The second kappa shape index (κ2) is 10.3. The van der Waals surface area contributed by atoms with E-state index < -0.39 is 9.85 Å². The second-order valence-corrected chi connectivity index (χ2v) is 6.57. The number of nitrogens with one attached hydrogen (secondary N) is 1. The monoisotopic (exact) mass is 392 g/mol. The number of esters is 1. The Balaban J connectivity index is 1.96. The number of rotatable bonds is 10. The lowest BCUT2D eigenvalue weighted by atomic mass is 9.98. The van der Waals surface area contributed by atoms with Gasteiger partial charge in [-0.05, 0) is 51.0 Å². The average Bonchev–Trinajstić information content (AvgIpc) is 3.10. The molecule has 0 radical (unpaired) electrons. The van der Waals surface area contributed by atoms with E-state index in [2.05, 4.69) is 10.5 Å². The number of nitrogens with zero attached hydrogens (tertiary/aromatic N) is 3. The summed E-state index contributed by atoms with van der Waals surface area (Å²) in [7, 11) is 0. The highest BCUT2D eigenvalue weighted by Crippen LogP contribution is 2.31. The van der Waals surface area contributed by atoms with Crippen LogP contribution in [0.4, 0.5) is 17.1 Å². The number of non-ortho nitro benzene ring substituents is 1. The zero-order valence-electron chi connectivity index (χ0n) is 15.8. The van der Waals surface area contributed by atoms with Crippen molar-refractivity contribution in [2.24, 2.45) is 11.0 Å². The van der Waals surface area contributed by atoms with Crippen molar-refractivity contribution in [1.82, 2.24) is 0 Å². The summed E-state index contributed by atoms with van der Waals surface area (Å²) in [4.78, 5) is 32.0. The molecule has 0 unspecified atom stereocenters. The van der Waals surface area contributed by atoms with Crippen molar-refractivity contribution < 1.29 is 19.4 Å². The second-order valence-electron chi connectivity index (χ2n) is 6.57. The lowest BCUT2D eigenvalue weighted by molar-refractivity contribution is -0.393. The molecule has 10 nitrogen and oxygen atoms in total. The summed E-state index contributed by atoms with van der Waals surface area (Å²) in [6.07, 6.45) is 5.70. The van der Waals surface area contributed by atoms with Gasteiger partial charge in [-0.3, -0.25) is 30.4 Å². The number of nitro groups is 2. The third-order valence-corrected chi connectivity index (χ3v) is 4.65. The summed E-state index contributed by atoms with van der Waals surface area (Å²) in [5.74, 6) is 0.0850. The summed E-state index contributed by atoms with van der Waals surface area (Å²) >= 11 is 0. The van der Waals surface area contributed by atoms with E-state index in [0.717, 1.165) is 50.3 Å². The summed E-state index contributed by atoms with van der Waals surface area (Å²) in [6, 6.07) is 3.42. The van der Waals surface area contributed by atoms with Gasteiger partial charge in [-0.2, -0.15) is 5.10 Å². The SMILES string of the molecule is CCOC(=O)CCCC[C@H]1CCC/C1=N\Nc1ccc([N+](=O)[O-])cc1[N+](=O)[O-]. The van der Waals surface area contributed by atoms with E-state index in [-0.39, 0.29) is 28.9 Å². The molecular weight excluding hydrogens is 368 g/mol. The van der Waals surface area contributed by atoms with Crippen LogP contribution in [0, 0.1) is 26.1 Å². The third-order valence-electron chi connectivity index (χ3n) is 4.65. The maximum absolute atomic E-state index is 11.4. The Morgan fingerprint density at radius 2 is 2.07 bits per heavy atom. The molecule has 0 heterocycles. The first-order valence-corrected chi connectivity index (χ1v) is 9.33. The third kappa shape index (κ3) is 6.00. The van der Waals surface area contributed by atoms with Gasteiger partial charge in [0.15, 0.2) is 0 Å². The fraction of sp³-hybridized carbons (Fsp3) is 0.556. The normalized spacial score (nSPS) is 17.5. The van der Waals surface area contributed by atoms with Gasteiger partial charge >= 0.3 is 11.7 Å². The molecule has 152 valence electrons. The molecule has 1 fully saturated rings. The zero-order chi connectivity index (χ0) is 20.5. The summed E-state index contributed by atoms with van der Waals surface area (Å²) in [5.41, 5.74) is 3.03. The Hall–Kier alpha value is -3.04. The van der Waals surface area contributed by atoms with E-state index in [1.54, 1.807) is 6.92 Å². The molecule has 1 aromatic rings. The highest BCUT2D eigenvalue weighted by atomic mass is 16.6. The molecule has 0 spiro atoms. The minimum Gasteiger partial charge on any atom is -0.466 e. The van der Waals surface area contributed by atoms with Gasteiger partial charge < -0.3 is 4.74 Å². The van der Waals surface area contributed by atoms with Crippen molar-refractivity contribution in [1.29, 1.82) is 0 Å². The van der Waals surface area contributed by atoms with E-state index >= 15 is 0 Å². The van der Waals surface area contributed by atoms with E-state index in [0.29, 0.717) is 13.0 Å². The quantitative estimate of drug-likeness (QED) is 0.273. The van der Waals surface area contributed by atoms with Gasteiger partial charge in [0.25, 0.3) is 5.69 Å². The molecule has 1 aliphatic rings.